The summed E-state index contributed by atoms with van der Waals surface area (Å²) in [5.41, 5.74) is 1.20. The molecule has 0 aromatic heterocycles. The summed E-state index contributed by atoms with van der Waals surface area (Å²) in [7, 11) is 0. The number of hydrogen-bond donors (Lipinski definition) is 2. The maximum atomic E-state index is 13.0. The molecule has 1 aliphatic rings. The Hall–Kier alpha value is -3.33. The summed E-state index contributed by atoms with van der Waals surface area (Å²) in [4.78, 5) is 28.0. The van der Waals surface area contributed by atoms with Crippen LogP contribution in [0.4, 0.5) is 10.1 Å². The van der Waals surface area contributed by atoms with E-state index in [-0.39, 0.29) is 11.7 Å². The minimum atomic E-state index is -1.09. The van der Waals surface area contributed by atoms with Gasteiger partial charge >= 0.3 is 5.97 Å². The van der Waals surface area contributed by atoms with E-state index in [1.54, 1.807) is 31.2 Å². The number of aliphatic imine (C=N–C) groups is 1. The number of nitrogens with one attached hydrogen (secondary N) is 1. The van der Waals surface area contributed by atoms with E-state index in [0.29, 0.717) is 39.4 Å². The van der Waals surface area contributed by atoms with Crippen LogP contribution in [-0.4, -0.2) is 34.9 Å². The third kappa shape index (κ3) is 5.38. The average Bonchev–Trinajstić information content (AvgIpc) is 3.04. The Morgan fingerprint density at radius 1 is 1.27 bits per heavy atom. The number of nitrogens with zero attached hydrogens (tertiary/aromatic N) is 1. The van der Waals surface area contributed by atoms with Crippen LogP contribution in [0, 0.1) is 5.82 Å². The van der Waals surface area contributed by atoms with E-state index < -0.39 is 12.1 Å². The number of carbonyl (C=O) groups excluding carboxylic acids is 1. The molecule has 1 saturated heterocycles. The molecule has 1 amide bonds. The average molecular weight is 430 g/mol. The van der Waals surface area contributed by atoms with Gasteiger partial charge < -0.3 is 19.9 Å². The number of aliphatic carboxylic acids is 1. The molecule has 1 heterocycles. The van der Waals surface area contributed by atoms with Crippen LogP contribution in [-0.2, 0) is 9.59 Å². The summed E-state index contributed by atoms with van der Waals surface area (Å²) in [5, 5.41) is 12.1. The first kappa shape index (κ1) is 21.4. The molecule has 2 aromatic rings. The lowest BCUT2D eigenvalue weighted by Crippen LogP contribution is -2.23. The van der Waals surface area contributed by atoms with Gasteiger partial charge in [-0.1, -0.05) is 6.07 Å². The molecule has 7 nitrogen and oxygen atoms in total. The lowest BCUT2D eigenvalue weighted by atomic mass is 10.2. The molecule has 0 saturated carbocycles. The minimum Gasteiger partial charge on any atom is -0.490 e. The Bertz CT molecular complexity index is 1020. The van der Waals surface area contributed by atoms with E-state index in [1.165, 1.54) is 31.2 Å². The first-order valence-electron chi connectivity index (χ1n) is 9.07. The van der Waals surface area contributed by atoms with E-state index in [0.717, 1.165) is 11.8 Å². The topological polar surface area (TPSA) is 97.2 Å². The highest BCUT2D eigenvalue weighted by atomic mass is 32.2. The number of amidine groups is 1. The van der Waals surface area contributed by atoms with Crippen molar-refractivity contribution in [3.8, 4) is 11.5 Å². The molecule has 1 aliphatic heterocycles. The van der Waals surface area contributed by atoms with Gasteiger partial charge in [0.15, 0.2) is 22.8 Å². The second-order valence-electron chi connectivity index (χ2n) is 6.20. The highest BCUT2D eigenvalue weighted by Gasteiger charge is 2.24. The lowest BCUT2D eigenvalue weighted by Gasteiger charge is -2.15. The lowest BCUT2D eigenvalue weighted by molar-refractivity contribution is -0.144. The van der Waals surface area contributed by atoms with E-state index in [9.17, 15) is 14.0 Å². The van der Waals surface area contributed by atoms with Gasteiger partial charge in [-0.3, -0.25) is 4.79 Å². The van der Waals surface area contributed by atoms with Gasteiger partial charge in [0, 0.05) is 0 Å². The van der Waals surface area contributed by atoms with Gasteiger partial charge in [-0.2, -0.15) is 0 Å². The molecule has 1 fully saturated rings. The van der Waals surface area contributed by atoms with Crippen LogP contribution in [0.2, 0.25) is 0 Å². The molecule has 2 aromatic carbocycles. The normalized spacial score (nSPS) is 17.1. The molecule has 1 atom stereocenters. The molecule has 30 heavy (non-hydrogen) atoms. The zero-order chi connectivity index (χ0) is 21.7. The van der Waals surface area contributed by atoms with Gasteiger partial charge in [0.25, 0.3) is 5.91 Å². The number of rotatable bonds is 7. The van der Waals surface area contributed by atoms with Gasteiger partial charge in [-0.25, -0.2) is 14.2 Å². The van der Waals surface area contributed by atoms with Crippen LogP contribution in [0.15, 0.2) is 52.4 Å². The minimum absolute atomic E-state index is 0.302. The van der Waals surface area contributed by atoms with E-state index >= 15 is 0 Å². The monoisotopic (exact) mass is 430 g/mol. The molecule has 0 aliphatic carbocycles. The first-order chi connectivity index (χ1) is 14.4. The molecular weight excluding hydrogens is 411 g/mol. The molecule has 2 N–H and O–H groups in total. The fourth-order valence-electron chi connectivity index (χ4n) is 2.49. The van der Waals surface area contributed by atoms with Crippen LogP contribution in [0.25, 0.3) is 6.08 Å². The Labute approximate surface area is 176 Å². The van der Waals surface area contributed by atoms with Crippen molar-refractivity contribution in [1.82, 2.24) is 5.32 Å². The molecule has 9 heteroatoms. The second-order valence-corrected chi connectivity index (χ2v) is 7.23. The first-order valence-corrected chi connectivity index (χ1v) is 9.89. The quantitative estimate of drug-likeness (QED) is 0.645. The van der Waals surface area contributed by atoms with Crippen molar-refractivity contribution >= 4 is 40.6 Å². The predicted octanol–water partition coefficient (Wildman–Crippen LogP) is 3.97. The zero-order valence-electron chi connectivity index (χ0n) is 16.2. The smallest absolute Gasteiger partial charge is 0.344 e. The highest BCUT2D eigenvalue weighted by Crippen LogP contribution is 2.33. The molecule has 0 unspecified atom stereocenters. The maximum absolute atomic E-state index is 13.0. The van der Waals surface area contributed by atoms with Crippen LogP contribution >= 0.6 is 11.8 Å². The molecule has 0 bridgehead atoms. The van der Waals surface area contributed by atoms with Gasteiger partial charge in [0.2, 0.25) is 0 Å². The van der Waals surface area contributed by atoms with E-state index in [4.69, 9.17) is 14.6 Å². The Balaban J connectivity index is 1.81. The summed E-state index contributed by atoms with van der Waals surface area (Å²) < 4.78 is 24.0. The van der Waals surface area contributed by atoms with Crippen LogP contribution in [0.3, 0.4) is 0 Å². The second kappa shape index (κ2) is 9.45. The highest BCUT2D eigenvalue weighted by molar-refractivity contribution is 8.18. The van der Waals surface area contributed by atoms with Crippen LogP contribution < -0.4 is 14.8 Å². The predicted molar refractivity (Wildman–Crippen MR) is 113 cm³/mol. The number of carboxylic acid groups (broad SMARTS) is 1. The molecule has 156 valence electrons. The van der Waals surface area contributed by atoms with E-state index in [2.05, 4.69) is 10.3 Å². The van der Waals surface area contributed by atoms with Crippen molar-refractivity contribution in [3.63, 3.8) is 0 Å². The van der Waals surface area contributed by atoms with Crippen molar-refractivity contribution in [2.45, 2.75) is 20.0 Å². The summed E-state index contributed by atoms with van der Waals surface area (Å²) >= 11 is 1.16. The SMILES string of the molecule is CCOc1cc(/C=C2/SC(=Nc3ccc(F)cc3)NC2=O)ccc1O[C@@H](C)C(=O)O. The maximum Gasteiger partial charge on any atom is 0.344 e. The van der Waals surface area contributed by atoms with Gasteiger partial charge in [-0.15, -0.1) is 0 Å². The van der Waals surface area contributed by atoms with Gasteiger partial charge in [0.1, 0.15) is 5.82 Å². The summed E-state index contributed by atoms with van der Waals surface area (Å²) in [6, 6.07) is 10.6. The zero-order valence-corrected chi connectivity index (χ0v) is 17.0. The number of carbonyl (C=O) groups is 2. The Kier molecular flexibility index (Phi) is 6.73. The molecular formula is C21H19FN2O5S. The third-order valence-corrected chi connectivity index (χ3v) is 4.83. The van der Waals surface area contributed by atoms with Crippen molar-refractivity contribution in [2.75, 3.05) is 6.61 Å². The van der Waals surface area contributed by atoms with Crippen molar-refractivity contribution in [1.29, 1.82) is 0 Å². The van der Waals surface area contributed by atoms with Crippen LogP contribution in [0.5, 0.6) is 11.5 Å². The van der Waals surface area contributed by atoms with E-state index in [1.807, 2.05) is 0 Å². The largest absolute Gasteiger partial charge is 0.490 e. The number of thioether (sulfide) groups is 1. The van der Waals surface area contributed by atoms with Crippen molar-refractivity contribution in [2.24, 2.45) is 4.99 Å². The van der Waals surface area contributed by atoms with Gasteiger partial charge in [-0.05, 0) is 73.6 Å². The Morgan fingerprint density at radius 3 is 2.67 bits per heavy atom. The summed E-state index contributed by atoms with van der Waals surface area (Å²) in [5.74, 6) is -1.08. The number of benzene rings is 2. The number of hydrogen-bond acceptors (Lipinski definition) is 6. The van der Waals surface area contributed by atoms with Crippen LogP contribution in [0.1, 0.15) is 19.4 Å². The number of ether oxygens (including phenoxy) is 2. The van der Waals surface area contributed by atoms with Gasteiger partial charge in [0.05, 0.1) is 17.2 Å². The third-order valence-electron chi connectivity index (χ3n) is 3.93. The summed E-state index contributed by atoms with van der Waals surface area (Å²) in [6.07, 6.45) is 0.634. The fraction of sp³-hybridized carbons (Fsp3) is 0.190. The molecule has 0 spiro atoms. The summed E-state index contributed by atoms with van der Waals surface area (Å²) in [6.45, 7) is 3.59. The Morgan fingerprint density at radius 2 is 2.00 bits per heavy atom. The van der Waals surface area contributed by atoms with Crippen molar-refractivity contribution in [3.05, 3.63) is 58.8 Å². The number of carboxylic acids is 1. The molecule has 3 rings (SSSR count). The standard InChI is InChI=1S/C21H19FN2O5S/c1-3-28-17-10-13(4-9-16(17)29-12(2)20(26)27)11-18-19(25)24-21(30-18)23-15-7-5-14(22)6-8-15/h4-12H,3H2,1-2H3,(H,26,27)(H,23,24,25)/b18-11+/t12-/m0/s1. The molecule has 0 radical (unpaired) electrons. The van der Waals surface area contributed by atoms with Crippen molar-refractivity contribution < 1.29 is 28.6 Å². The number of halogens is 1. The fourth-order valence-corrected chi connectivity index (χ4v) is 3.33. The number of amides is 1.